The van der Waals surface area contributed by atoms with E-state index in [-0.39, 0.29) is 17.9 Å². The van der Waals surface area contributed by atoms with Gasteiger partial charge in [-0.05, 0) is 50.3 Å². The fourth-order valence-corrected chi connectivity index (χ4v) is 3.62. The predicted octanol–water partition coefficient (Wildman–Crippen LogP) is 1.55. The number of hydrogen-bond acceptors (Lipinski definition) is 5. The lowest BCUT2D eigenvalue weighted by molar-refractivity contribution is -0.129. The molecule has 2 heterocycles. The first-order chi connectivity index (χ1) is 13.8. The molecule has 154 valence electrons. The molecule has 5 N–H and O–H groups in total. The van der Waals surface area contributed by atoms with E-state index in [0.29, 0.717) is 18.3 Å². The van der Waals surface area contributed by atoms with E-state index in [0.717, 1.165) is 24.2 Å². The van der Waals surface area contributed by atoms with Gasteiger partial charge in [-0.15, -0.1) is 0 Å². The van der Waals surface area contributed by atoms with Crippen LogP contribution in [0.1, 0.15) is 41.6 Å². The van der Waals surface area contributed by atoms with Gasteiger partial charge in [0.25, 0.3) is 0 Å². The molecule has 7 heteroatoms. The molecule has 2 aromatic rings. The van der Waals surface area contributed by atoms with Crippen LogP contribution in [0.25, 0.3) is 0 Å². The summed E-state index contributed by atoms with van der Waals surface area (Å²) in [6.07, 6.45) is 0.722. The number of amides is 2. The molecule has 3 rings (SSSR count). The van der Waals surface area contributed by atoms with Gasteiger partial charge in [0.05, 0.1) is 6.04 Å². The maximum Gasteiger partial charge on any atom is 0.242 e. The largest absolute Gasteiger partial charge is 0.384 e. The Balaban J connectivity index is 1.49. The maximum atomic E-state index is 12.6. The molecule has 1 aliphatic rings. The average molecular weight is 396 g/mol. The first kappa shape index (κ1) is 20.8. The van der Waals surface area contributed by atoms with Crippen molar-refractivity contribution in [1.29, 1.82) is 0 Å². The van der Waals surface area contributed by atoms with E-state index in [9.17, 15) is 9.59 Å². The third-order valence-electron chi connectivity index (χ3n) is 5.38. The van der Waals surface area contributed by atoms with Gasteiger partial charge in [0.1, 0.15) is 11.9 Å². The van der Waals surface area contributed by atoms with E-state index in [1.54, 1.807) is 13.0 Å². The van der Waals surface area contributed by atoms with Crippen LogP contribution < -0.4 is 21.7 Å². The summed E-state index contributed by atoms with van der Waals surface area (Å²) in [6.45, 7) is 6.70. The Morgan fingerprint density at radius 1 is 1.28 bits per heavy atom. The highest BCUT2D eigenvalue weighted by Gasteiger charge is 2.31. The van der Waals surface area contributed by atoms with Crippen LogP contribution in [0.2, 0.25) is 0 Å². The van der Waals surface area contributed by atoms with Crippen molar-refractivity contribution in [2.24, 2.45) is 0 Å². The summed E-state index contributed by atoms with van der Waals surface area (Å²) in [6, 6.07) is 11.0. The molecule has 1 fully saturated rings. The average Bonchev–Trinajstić information content (AvgIpc) is 3.17. The van der Waals surface area contributed by atoms with Crippen molar-refractivity contribution in [2.45, 2.75) is 51.7 Å². The summed E-state index contributed by atoms with van der Waals surface area (Å²) in [4.78, 5) is 29.2. The fourth-order valence-electron chi connectivity index (χ4n) is 3.62. The number of nitrogens with two attached hydrogens (primary N) is 1. The number of aromatic nitrogens is 1. The molecule has 2 amide bonds. The van der Waals surface area contributed by atoms with E-state index < -0.39 is 6.04 Å². The van der Waals surface area contributed by atoms with Crippen molar-refractivity contribution in [3.8, 4) is 0 Å². The zero-order valence-corrected chi connectivity index (χ0v) is 17.2. The Hall–Kier alpha value is -2.93. The highest BCUT2D eigenvalue weighted by molar-refractivity contribution is 5.89. The number of nitrogen functional groups attached to an aromatic ring is 1. The predicted molar refractivity (Wildman–Crippen MR) is 113 cm³/mol. The van der Waals surface area contributed by atoms with Gasteiger partial charge in [-0.3, -0.25) is 9.59 Å². The van der Waals surface area contributed by atoms with Crippen molar-refractivity contribution >= 4 is 17.6 Å². The molecule has 0 aliphatic carbocycles. The number of anilines is 1. The Morgan fingerprint density at radius 3 is 2.79 bits per heavy atom. The van der Waals surface area contributed by atoms with Crippen molar-refractivity contribution in [3.63, 3.8) is 0 Å². The lowest BCUT2D eigenvalue weighted by atomic mass is 9.95. The number of carbonyl (C=O) groups excluding carboxylic acids is 2. The van der Waals surface area contributed by atoms with Gasteiger partial charge in [-0.1, -0.05) is 35.9 Å². The summed E-state index contributed by atoms with van der Waals surface area (Å²) in [5, 5.41) is 8.93. The van der Waals surface area contributed by atoms with E-state index in [1.165, 1.54) is 11.1 Å². The van der Waals surface area contributed by atoms with Crippen LogP contribution in [-0.4, -0.2) is 35.4 Å². The van der Waals surface area contributed by atoms with Crippen molar-refractivity contribution in [1.82, 2.24) is 20.9 Å². The zero-order valence-electron chi connectivity index (χ0n) is 17.2. The normalized spacial score (nSPS) is 19.6. The van der Waals surface area contributed by atoms with Gasteiger partial charge in [-0.2, -0.15) is 0 Å². The number of aryl methyl sites for hydroxylation is 2. The molecular formula is C22H29N5O2. The second kappa shape index (κ2) is 9.05. The number of hydrogen-bond donors (Lipinski definition) is 4. The van der Waals surface area contributed by atoms with Gasteiger partial charge in [-0.25, -0.2) is 4.98 Å². The topological polar surface area (TPSA) is 109 Å². The fraction of sp³-hybridized carbons (Fsp3) is 0.409. The molecule has 0 saturated carbocycles. The molecule has 1 aliphatic heterocycles. The lowest BCUT2D eigenvalue weighted by Gasteiger charge is -2.17. The molecule has 0 bridgehead atoms. The first-order valence-electron chi connectivity index (χ1n) is 9.93. The SMILES string of the molecule is Cc1cccc([C@H]2CN[C@@H](C(=O)N[C@@H](C)C(=O)NCc3ccc(N)nc3C)C2)c1. The Kier molecular flexibility index (Phi) is 6.49. The minimum atomic E-state index is -0.621. The van der Waals surface area contributed by atoms with Gasteiger partial charge in [0, 0.05) is 18.8 Å². The summed E-state index contributed by atoms with van der Waals surface area (Å²) in [5.74, 6) is 0.373. The minimum Gasteiger partial charge on any atom is -0.384 e. The number of carbonyl (C=O) groups is 2. The Morgan fingerprint density at radius 2 is 2.07 bits per heavy atom. The molecule has 0 radical (unpaired) electrons. The van der Waals surface area contributed by atoms with Crippen molar-refractivity contribution in [3.05, 3.63) is 58.8 Å². The third-order valence-corrected chi connectivity index (χ3v) is 5.38. The van der Waals surface area contributed by atoms with E-state index in [1.807, 2.05) is 19.1 Å². The van der Waals surface area contributed by atoms with Crippen LogP contribution in [-0.2, 0) is 16.1 Å². The molecule has 29 heavy (non-hydrogen) atoms. The van der Waals surface area contributed by atoms with Crippen LogP contribution in [0.3, 0.4) is 0 Å². The van der Waals surface area contributed by atoms with Crippen LogP contribution in [0.4, 0.5) is 5.82 Å². The van der Waals surface area contributed by atoms with Crippen LogP contribution >= 0.6 is 0 Å². The highest BCUT2D eigenvalue weighted by atomic mass is 16.2. The first-order valence-corrected chi connectivity index (χ1v) is 9.93. The van der Waals surface area contributed by atoms with Crippen molar-refractivity contribution < 1.29 is 9.59 Å². The summed E-state index contributed by atoms with van der Waals surface area (Å²) < 4.78 is 0. The second-order valence-corrected chi connectivity index (χ2v) is 7.74. The van der Waals surface area contributed by atoms with Gasteiger partial charge < -0.3 is 21.7 Å². The third kappa shape index (κ3) is 5.32. The van der Waals surface area contributed by atoms with E-state index >= 15 is 0 Å². The zero-order chi connectivity index (χ0) is 21.0. The van der Waals surface area contributed by atoms with Gasteiger partial charge in [0.15, 0.2) is 0 Å². The molecule has 1 aromatic carbocycles. The van der Waals surface area contributed by atoms with Gasteiger partial charge in [0.2, 0.25) is 11.8 Å². The minimum absolute atomic E-state index is 0.145. The number of nitrogens with one attached hydrogen (secondary N) is 3. The number of benzene rings is 1. The number of pyridine rings is 1. The molecular weight excluding hydrogens is 366 g/mol. The molecule has 0 unspecified atom stereocenters. The molecule has 1 saturated heterocycles. The second-order valence-electron chi connectivity index (χ2n) is 7.74. The summed E-state index contributed by atoms with van der Waals surface area (Å²) in [7, 11) is 0. The van der Waals surface area contributed by atoms with E-state index in [4.69, 9.17) is 5.73 Å². The number of rotatable bonds is 6. The van der Waals surface area contributed by atoms with Gasteiger partial charge >= 0.3 is 0 Å². The van der Waals surface area contributed by atoms with E-state index in [2.05, 4.69) is 46.1 Å². The Bertz CT molecular complexity index is 899. The molecule has 3 atom stereocenters. The smallest absolute Gasteiger partial charge is 0.242 e. The molecule has 1 aromatic heterocycles. The molecule has 7 nitrogen and oxygen atoms in total. The standard InChI is InChI=1S/C22H29N5O2/c1-13-5-4-6-16(9-13)18-10-19(24-12-18)22(29)27-15(3)21(28)25-11-17-7-8-20(23)26-14(17)2/h4-9,15,18-19,24H,10-12H2,1-3H3,(H2,23,26)(H,25,28)(H,27,29)/t15-,18+,19+/m0/s1. The monoisotopic (exact) mass is 395 g/mol. The lowest BCUT2D eigenvalue weighted by Crippen LogP contribution is -2.50. The quantitative estimate of drug-likeness (QED) is 0.593. The maximum absolute atomic E-state index is 12.6. The highest BCUT2D eigenvalue weighted by Crippen LogP contribution is 2.26. The van der Waals surface area contributed by atoms with Crippen LogP contribution in [0.15, 0.2) is 36.4 Å². The molecule has 0 spiro atoms. The summed E-state index contributed by atoms with van der Waals surface area (Å²) >= 11 is 0. The number of nitrogens with zero attached hydrogens (tertiary/aromatic N) is 1. The Labute approximate surface area is 171 Å². The summed E-state index contributed by atoms with van der Waals surface area (Å²) in [5.41, 5.74) is 9.78. The van der Waals surface area contributed by atoms with Crippen molar-refractivity contribution in [2.75, 3.05) is 12.3 Å². The van der Waals surface area contributed by atoms with Crippen LogP contribution in [0, 0.1) is 13.8 Å². The van der Waals surface area contributed by atoms with Crippen LogP contribution in [0.5, 0.6) is 0 Å².